The summed E-state index contributed by atoms with van der Waals surface area (Å²) in [6.07, 6.45) is -3.69. The third kappa shape index (κ3) is 4.54. The standard InChI is InChI=1S/C27H21F5N4O4/c1-13(36-11-23-24(36)21(36)12-39-23)25(37)35-20-9-18(3-5-22(20)40-27(30,31)32)34-26(38)14-2-4-19(33-10-14)15-6-16(28)8-17(29)7-15/h2-10,13,21,23-24H,11-12H2,1H3,(H-,34,35,37,38)/p+1/t13?,21-,23-,24+,36?/m1/s1. The van der Waals surface area contributed by atoms with Crippen molar-refractivity contribution in [2.45, 2.75) is 37.5 Å². The highest BCUT2D eigenvalue weighted by Crippen LogP contribution is 2.59. The first kappa shape index (κ1) is 26.1. The third-order valence-corrected chi connectivity index (χ3v) is 7.84. The van der Waals surface area contributed by atoms with Crippen LogP contribution in [0.25, 0.3) is 11.3 Å². The summed E-state index contributed by atoms with van der Waals surface area (Å²) in [5.41, 5.74) is 0.315. The predicted octanol–water partition coefficient (Wildman–Crippen LogP) is 4.48. The van der Waals surface area contributed by atoms with Crippen molar-refractivity contribution in [3.63, 3.8) is 0 Å². The molecule has 2 N–H and O–H groups in total. The van der Waals surface area contributed by atoms with Crippen LogP contribution in [-0.4, -0.2) is 65.0 Å². The molecule has 208 valence electrons. The number of ether oxygens (including phenoxy) is 2. The highest BCUT2D eigenvalue weighted by atomic mass is 19.4. The number of quaternary nitrogens is 1. The van der Waals surface area contributed by atoms with Gasteiger partial charge < -0.3 is 20.1 Å². The molecule has 0 bridgehead atoms. The molecule has 3 aliphatic heterocycles. The van der Waals surface area contributed by atoms with Crippen LogP contribution in [0.5, 0.6) is 5.75 Å². The van der Waals surface area contributed by atoms with Gasteiger partial charge in [0.25, 0.3) is 11.8 Å². The van der Waals surface area contributed by atoms with Crippen LogP contribution >= 0.6 is 0 Å². The number of carbonyl (C=O) groups excluding carboxylic acids is 2. The summed E-state index contributed by atoms with van der Waals surface area (Å²) in [6.45, 7) is 2.98. The molecule has 3 aromatic rings. The zero-order chi connectivity index (χ0) is 28.4. The van der Waals surface area contributed by atoms with Gasteiger partial charge in [0.1, 0.15) is 24.8 Å². The normalized spacial score (nSPS) is 24.9. The van der Waals surface area contributed by atoms with E-state index in [1.807, 2.05) is 0 Å². The monoisotopic (exact) mass is 561 g/mol. The van der Waals surface area contributed by atoms with Gasteiger partial charge in [-0.25, -0.2) is 8.78 Å². The molecule has 0 aliphatic carbocycles. The lowest BCUT2D eigenvalue weighted by atomic mass is 10.1. The summed E-state index contributed by atoms with van der Waals surface area (Å²) in [7, 11) is 0. The summed E-state index contributed by atoms with van der Waals surface area (Å²) in [6, 6.07) is 9.02. The molecule has 0 spiro atoms. The molecule has 0 saturated carbocycles. The van der Waals surface area contributed by atoms with Crippen molar-refractivity contribution < 1.29 is 45.5 Å². The molecule has 0 radical (unpaired) electrons. The Morgan fingerprint density at radius 3 is 2.42 bits per heavy atom. The minimum atomic E-state index is -5.01. The lowest BCUT2D eigenvalue weighted by Crippen LogP contribution is -2.62. The number of hydrogen-bond acceptors (Lipinski definition) is 5. The minimum Gasteiger partial charge on any atom is -0.404 e. The highest BCUT2D eigenvalue weighted by Gasteiger charge is 2.85. The number of fused-ring (bicyclic) bond motifs is 1. The van der Waals surface area contributed by atoms with Gasteiger partial charge in [-0.05, 0) is 49.4 Å². The molecule has 5 atom stereocenters. The number of alkyl halides is 3. The number of rotatable bonds is 7. The molecule has 3 fully saturated rings. The summed E-state index contributed by atoms with van der Waals surface area (Å²) >= 11 is 0. The van der Waals surface area contributed by atoms with Crippen molar-refractivity contribution in [1.29, 1.82) is 0 Å². The maximum absolute atomic E-state index is 13.5. The topological polar surface area (TPSA) is 89.6 Å². The second-order valence-electron chi connectivity index (χ2n) is 10.1. The fraction of sp³-hybridized carbons (Fsp3) is 0.296. The van der Waals surface area contributed by atoms with Gasteiger partial charge in [-0.1, -0.05) is 0 Å². The zero-order valence-electron chi connectivity index (χ0n) is 20.8. The van der Waals surface area contributed by atoms with Crippen molar-refractivity contribution in [3.8, 4) is 17.0 Å². The molecular weight excluding hydrogens is 539 g/mol. The summed E-state index contributed by atoms with van der Waals surface area (Å²) in [5, 5.41) is 5.08. The van der Waals surface area contributed by atoms with E-state index in [9.17, 15) is 31.5 Å². The number of carbonyl (C=O) groups is 2. The molecule has 6 rings (SSSR count). The molecule has 2 amide bonds. The van der Waals surface area contributed by atoms with Gasteiger partial charge in [-0.2, -0.15) is 0 Å². The van der Waals surface area contributed by atoms with Crippen molar-refractivity contribution in [1.82, 2.24) is 4.98 Å². The largest absolute Gasteiger partial charge is 0.573 e. The summed E-state index contributed by atoms with van der Waals surface area (Å²) < 4.78 is 76.4. The van der Waals surface area contributed by atoms with Crippen LogP contribution in [0, 0.1) is 11.6 Å². The average Bonchev–Trinajstić information content (AvgIpc) is 3.21. The molecule has 40 heavy (non-hydrogen) atoms. The van der Waals surface area contributed by atoms with Gasteiger partial charge in [-0.3, -0.25) is 19.1 Å². The fourth-order valence-corrected chi connectivity index (χ4v) is 5.89. The van der Waals surface area contributed by atoms with Gasteiger partial charge in [0.2, 0.25) is 0 Å². The van der Waals surface area contributed by atoms with Crippen LogP contribution in [0.4, 0.5) is 33.3 Å². The van der Waals surface area contributed by atoms with E-state index in [4.69, 9.17) is 4.74 Å². The molecule has 3 aliphatic rings. The predicted molar refractivity (Wildman–Crippen MR) is 131 cm³/mol. The van der Waals surface area contributed by atoms with Gasteiger partial charge in [0.15, 0.2) is 30.0 Å². The minimum absolute atomic E-state index is 0.0777. The van der Waals surface area contributed by atoms with Gasteiger partial charge >= 0.3 is 6.36 Å². The number of morpholine rings is 2. The molecule has 2 aromatic carbocycles. The van der Waals surface area contributed by atoms with E-state index in [0.29, 0.717) is 17.6 Å². The number of anilines is 2. The van der Waals surface area contributed by atoms with Gasteiger partial charge in [-0.15, -0.1) is 13.2 Å². The fourth-order valence-electron chi connectivity index (χ4n) is 5.89. The first-order valence-corrected chi connectivity index (χ1v) is 12.4. The maximum Gasteiger partial charge on any atom is 0.573 e. The number of aromatic nitrogens is 1. The molecule has 4 heterocycles. The van der Waals surface area contributed by atoms with E-state index >= 15 is 0 Å². The average molecular weight is 561 g/mol. The molecule has 13 heteroatoms. The summed E-state index contributed by atoms with van der Waals surface area (Å²) in [4.78, 5) is 29.9. The van der Waals surface area contributed by atoms with E-state index in [2.05, 4.69) is 20.4 Å². The highest BCUT2D eigenvalue weighted by molar-refractivity contribution is 6.05. The lowest BCUT2D eigenvalue weighted by molar-refractivity contribution is -0.892. The van der Waals surface area contributed by atoms with Crippen LogP contribution in [0.2, 0.25) is 0 Å². The Kier molecular flexibility index (Phi) is 6.04. The van der Waals surface area contributed by atoms with Crippen molar-refractivity contribution >= 4 is 23.2 Å². The van der Waals surface area contributed by atoms with Crippen molar-refractivity contribution in [2.75, 3.05) is 23.8 Å². The molecule has 3 saturated heterocycles. The quantitative estimate of drug-likeness (QED) is 0.252. The number of pyridine rings is 1. The number of nitrogens with one attached hydrogen (secondary N) is 2. The van der Waals surface area contributed by atoms with Crippen molar-refractivity contribution in [2.24, 2.45) is 0 Å². The van der Waals surface area contributed by atoms with Crippen LogP contribution in [0.1, 0.15) is 17.3 Å². The van der Waals surface area contributed by atoms with Crippen molar-refractivity contribution in [3.05, 3.63) is 71.9 Å². The second kappa shape index (κ2) is 9.24. The number of halogens is 5. The Labute approximate surface area is 224 Å². The van der Waals surface area contributed by atoms with Crippen LogP contribution in [-0.2, 0) is 9.53 Å². The number of hydrogen-bond donors (Lipinski definition) is 2. The van der Waals surface area contributed by atoms with Crippen LogP contribution < -0.4 is 15.4 Å². The zero-order valence-corrected chi connectivity index (χ0v) is 20.8. The molecule has 8 nitrogen and oxygen atoms in total. The van der Waals surface area contributed by atoms with E-state index < -0.39 is 41.6 Å². The Bertz CT molecular complexity index is 1490. The van der Waals surface area contributed by atoms with Gasteiger partial charge in [0, 0.05) is 23.5 Å². The summed E-state index contributed by atoms with van der Waals surface area (Å²) in [5.74, 6) is -3.31. The number of nitrogens with zero attached hydrogens (tertiary/aromatic N) is 2. The maximum atomic E-state index is 13.5. The second-order valence-corrected chi connectivity index (χ2v) is 10.1. The molecular formula is C27H22F5N4O4+. The Morgan fingerprint density at radius 2 is 1.82 bits per heavy atom. The third-order valence-electron chi connectivity index (χ3n) is 7.84. The Hall–Kier alpha value is -4.10. The van der Waals surface area contributed by atoms with E-state index in [1.54, 1.807) is 6.92 Å². The first-order chi connectivity index (χ1) is 18.9. The number of benzene rings is 2. The number of amides is 2. The molecule has 2 unspecified atom stereocenters. The van der Waals surface area contributed by atoms with E-state index in [1.165, 1.54) is 30.5 Å². The SMILES string of the molecule is CC(C(=O)Nc1cc(NC(=O)c2ccc(-c3cc(F)cc(F)c3)nc2)ccc1OC(F)(F)F)[N+]12C[C@H]3OC[C@@H]1[C@@H]32. The Morgan fingerprint density at radius 1 is 1.07 bits per heavy atom. The first-order valence-electron chi connectivity index (χ1n) is 12.4. The van der Waals surface area contributed by atoms with E-state index in [0.717, 1.165) is 24.3 Å². The molecule has 1 aromatic heterocycles. The van der Waals surface area contributed by atoms with Gasteiger partial charge in [0.05, 0.1) is 16.9 Å². The smallest absolute Gasteiger partial charge is 0.404 e. The van der Waals surface area contributed by atoms with Crippen LogP contribution in [0.15, 0.2) is 54.7 Å². The van der Waals surface area contributed by atoms with E-state index in [-0.39, 0.29) is 46.4 Å². The van der Waals surface area contributed by atoms with Crippen LogP contribution in [0.3, 0.4) is 0 Å². The lowest BCUT2D eigenvalue weighted by Gasteiger charge is -2.40. The Balaban J connectivity index is 1.18.